The van der Waals surface area contributed by atoms with Gasteiger partial charge in [0, 0.05) is 6.07 Å². The average Bonchev–Trinajstić information content (AvgIpc) is 2.42. The minimum absolute atomic E-state index is 0.119. The largest absolute Gasteiger partial charge is 0.490 e. The molecule has 102 valence electrons. The van der Waals surface area contributed by atoms with E-state index in [2.05, 4.69) is 10.6 Å². The lowest BCUT2D eigenvalue weighted by Gasteiger charge is -2.26. The van der Waals surface area contributed by atoms with Crippen molar-refractivity contribution in [2.45, 2.75) is 32.0 Å². The van der Waals surface area contributed by atoms with Gasteiger partial charge in [-0.15, -0.1) is 0 Å². The highest BCUT2D eigenvalue weighted by atomic mass is 16.5. The van der Waals surface area contributed by atoms with E-state index in [0.717, 1.165) is 31.7 Å². The Morgan fingerprint density at radius 2 is 2.11 bits per heavy atom. The van der Waals surface area contributed by atoms with E-state index in [0.29, 0.717) is 11.4 Å². The minimum Gasteiger partial charge on any atom is -0.490 e. The van der Waals surface area contributed by atoms with Crippen molar-refractivity contribution in [2.75, 3.05) is 18.4 Å². The van der Waals surface area contributed by atoms with Crippen molar-refractivity contribution in [3.05, 3.63) is 18.2 Å². The first-order valence-corrected chi connectivity index (χ1v) is 6.71. The Morgan fingerprint density at radius 1 is 1.32 bits per heavy atom. The zero-order chi connectivity index (χ0) is 13.2. The van der Waals surface area contributed by atoms with Gasteiger partial charge in [-0.25, -0.2) is 0 Å². The summed E-state index contributed by atoms with van der Waals surface area (Å²) in [5.41, 5.74) is 0.689. The molecule has 19 heavy (non-hydrogen) atoms. The third kappa shape index (κ3) is 2.66. The van der Waals surface area contributed by atoms with Crippen LogP contribution in [0.3, 0.4) is 0 Å². The number of hydrogen-bond acceptors (Lipinski definition) is 4. The first kappa shape index (κ1) is 12.3. The molecule has 1 amide bonds. The van der Waals surface area contributed by atoms with E-state index in [1.807, 2.05) is 18.2 Å². The maximum absolute atomic E-state index is 11.6. The molecular formula is C14H18N2O3. The standard InChI is InChI=1S/C14H18N2O3/c1-9-14(17)16-12-8-11(2-3-13(12)18-9)19-10-4-6-15-7-5-10/h2-3,8-10,15H,4-7H2,1H3,(H,16,17). The predicted octanol–water partition coefficient (Wildman–Crippen LogP) is 1.54. The number of carbonyl (C=O) groups excluding carboxylic acids is 1. The second-order valence-corrected chi connectivity index (χ2v) is 4.97. The fourth-order valence-corrected chi connectivity index (χ4v) is 2.37. The fourth-order valence-electron chi connectivity index (χ4n) is 2.37. The Kier molecular flexibility index (Phi) is 3.29. The molecule has 2 heterocycles. The van der Waals surface area contributed by atoms with Gasteiger partial charge in [0.15, 0.2) is 6.10 Å². The van der Waals surface area contributed by atoms with E-state index in [1.165, 1.54) is 0 Å². The zero-order valence-electron chi connectivity index (χ0n) is 10.9. The fraction of sp³-hybridized carbons (Fsp3) is 0.500. The van der Waals surface area contributed by atoms with Crippen LogP contribution in [0, 0.1) is 0 Å². The van der Waals surface area contributed by atoms with Crippen molar-refractivity contribution >= 4 is 11.6 Å². The molecule has 1 unspecified atom stereocenters. The monoisotopic (exact) mass is 262 g/mol. The highest BCUT2D eigenvalue weighted by Gasteiger charge is 2.24. The number of piperidine rings is 1. The lowest BCUT2D eigenvalue weighted by molar-refractivity contribution is -0.122. The molecule has 0 bridgehead atoms. The maximum atomic E-state index is 11.6. The first-order chi connectivity index (χ1) is 9.22. The van der Waals surface area contributed by atoms with Gasteiger partial charge in [0.1, 0.15) is 17.6 Å². The van der Waals surface area contributed by atoms with Crippen molar-refractivity contribution in [3.8, 4) is 11.5 Å². The van der Waals surface area contributed by atoms with Gasteiger partial charge >= 0.3 is 0 Å². The molecule has 5 nitrogen and oxygen atoms in total. The van der Waals surface area contributed by atoms with E-state index in [4.69, 9.17) is 9.47 Å². The molecule has 1 atom stereocenters. The number of anilines is 1. The number of rotatable bonds is 2. The Hall–Kier alpha value is -1.75. The zero-order valence-corrected chi connectivity index (χ0v) is 10.9. The van der Waals surface area contributed by atoms with E-state index >= 15 is 0 Å². The predicted molar refractivity (Wildman–Crippen MR) is 71.7 cm³/mol. The molecule has 1 saturated heterocycles. The molecule has 0 aromatic heterocycles. The van der Waals surface area contributed by atoms with Crippen LogP contribution in [0.4, 0.5) is 5.69 Å². The van der Waals surface area contributed by atoms with E-state index in [9.17, 15) is 4.79 Å². The van der Waals surface area contributed by atoms with Crippen LogP contribution in [0.5, 0.6) is 11.5 Å². The molecule has 2 aliphatic rings. The topological polar surface area (TPSA) is 59.6 Å². The Bertz CT molecular complexity index is 484. The lowest BCUT2D eigenvalue weighted by atomic mass is 10.1. The summed E-state index contributed by atoms with van der Waals surface area (Å²) in [6.45, 7) is 3.72. The molecule has 0 aliphatic carbocycles. The summed E-state index contributed by atoms with van der Waals surface area (Å²) in [4.78, 5) is 11.6. The minimum atomic E-state index is -0.441. The van der Waals surface area contributed by atoms with Gasteiger partial charge < -0.3 is 20.1 Å². The van der Waals surface area contributed by atoms with E-state index in [-0.39, 0.29) is 12.0 Å². The molecule has 2 N–H and O–H groups in total. The van der Waals surface area contributed by atoms with Gasteiger partial charge in [-0.3, -0.25) is 4.79 Å². The van der Waals surface area contributed by atoms with Gasteiger partial charge in [-0.1, -0.05) is 0 Å². The van der Waals surface area contributed by atoms with Crippen LogP contribution in [0.2, 0.25) is 0 Å². The molecule has 1 fully saturated rings. The van der Waals surface area contributed by atoms with Crippen molar-refractivity contribution in [1.29, 1.82) is 0 Å². The third-order valence-electron chi connectivity index (χ3n) is 3.47. The van der Waals surface area contributed by atoms with Crippen LogP contribution in [0.1, 0.15) is 19.8 Å². The highest BCUT2D eigenvalue weighted by molar-refractivity contribution is 5.97. The number of hydrogen-bond donors (Lipinski definition) is 2. The molecule has 1 aromatic carbocycles. The van der Waals surface area contributed by atoms with Gasteiger partial charge in [0.2, 0.25) is 0 Å². The van der Waals surface area contributed by atoms with Gasteiger partial charge in [-0.2, -0.15) is 0 Å². The van der Waals surface area contributed by atoms with Crippen LogP contribution >= 0.6 is 0 Å². The Balaban J connectivity index is 1.74. The van der Waals surface area contributed by atoms with Crippen LogP contribution in [-0.2, 0) is 4.79 Å². The smallest absolute Gasteiger partial charge is 0.265 e. The van der Waals surface area contributed by atoms with Gasteiger partial charge in [0.25, 0.3) is 5.91 Å². The van der Waals surface area contributed by atoms with Crippen LogP contribution in [0.15, 0.2) is 18.2 Å². The lowest BCUT2D eigenvalue weighted by Crippen LogP contribution is -2.35. The normalized spacial score (nSPS) is 23.2. The summed E-state index contributed by atoms with van der Waals surface area (Å²) in [7, 11) is 0. The number of benzene rings is 1. The quantitative estimate of drug-likeness (QED) is 0.848. The summed E-state index contributed by atoms with van der Waals surface area (Å²) in [6.07, 6.45) is 1.83. The second kappa shape index (κ2) is 5.09. The summed E-state index contributed by atoms with van der Waals surface area (Å²) in [5.74, 6) is 1.36. The first-order valence-electron chi connectivity index (χ1n) is 6.71. The van der Waals surface area contributed by atoms with Crippen molar-refractivity contribution in [2.24, 2.45) is 0 Å². The van der Waals surface area contributed by atoms with Crippen LogP contribution < -0.4 is 20.1 Å². The highest BCUT2D eigenvalue weighted by Crippen LogP contribution is 2.33. The summed E-state index contributed by atoms with van der Waals surface area (Å²) >= 11 is 0. The number of ether oxygens (including phenoxy) is 2. The molecule has 1 aromatic rings. The maximum Gasteiger partial charge on any atom is 0.265 e. The summed E-state index contributed by atoms with van der Waals surface area (Å²) in [5, 5.41) is 6.14. The number of fused-ring (bicyclic) bond motifs is 1. The molecular weight excluding hydrogens is 244 g/mol. The van der Waals surface area contributed by atoms with E-state index < -0.39 is 6.10 Å². The van der Waals surface area contributed by atoms with Crippen molar-refractivity contribution in [1.82, 2.24) is 5.32 Å². The average molecular weight is 262 g/mol. The SMILES string of the molecule is CC1Oc2ccc(OC3CCNCC3)cc2NC1=O. The molecule has 3 rings (SSSR count). The van der Waals surface area contributed by atoms with Crippen LogP contribution in [-0.4, -0.2) is 31.2 Å². The number of amides is 1. The Labute approximate surface area is 112 Å². The van der Waals surface area contributed by atoms with Crippen molar-refractivity contribution < 1.29 is 14.3 Å². The molecule has 0 radical (unpaired) electrons. The van der Waals surface area contributed by atoms with E-state index in [1.54, 1.807) is 6.92 Å². The molecule has 5 heteroatoms. The number of nitrogens with one attached hydrogen (secondary N) is 2. The van der Waals surface area contributed by atoms with Gasteiger partial charge in [0.05, 0.1) is 5.69 Å². The number of carbonyl (C=O) groups is 1. The molecule has 0 spiro atoms. The third-order valence-corrected chi connectivity index (χ3v) is 3.47. The Morgan fingerprint density at radius 3 is 2.89 bits per heavy atom. The molecule has 2 aliphatic heterocycles. The summed E-state index contributed by atoms with van der Waals surface area (Å²) in [6, 6.07) is 5.58. The summed E-state index contributed by atoms with van der Waals surface area (Å²) < 4.78 is 11.4. The van der Waals surface area contributed by atoms with Crippen LogP contribution in [0.25, 0.3) is 0 Å². The molecule has 0 saturated carbocycles. The second-order valence-electron chi connectivity index (χ2n) is 4.97. The van der Waals surface area contributed by atoms with Crippen molar-refractivity contribution in [3.63, 3.8) is 0 Å². The van der Waals surface area contributed by atoms with Gasteiger partial charge in [-0.05, 0) is 45.0 Å².